The summed E-state index contributed by atoms with van der Waals surface area (Å²) in [6.45, 7) is 4.14. The van der Waals surface area contributed by atoms with Crippen molar-refractivity contribution in [3.63, 3.8) is 0 Å². The predicted octanol–water partition coefficient (Wildman–Crippen LogP) is 0.574. The minimum Gasteiger partial charge on any atom is -0.271 e. The average molecular weight is 246 g/mol. The van der Waals surface area contributed by atoms with Crippen molar-refractivity contribution >= 4 is 0 Å². The molecule has 2 rings (SSSR count). The number of tetrazole rings is 1. The molecule has 0 aliphatic rings. The molecule has 6 nitrogen and oxygen atoms in total. The lowest BCUT2D eigenvalue weighted by molar-refractivity contribution is 0.533. The molecular weight excluding hydrogens is 228 g/mol. The van der Waals surface area contributed by atoms with E-state index in [9.17, 15) is 0 Å². The zero-order chi connectivity index (χ0) is 13.1. The van der Waals surface area contributed by atoms with Crippen LogP contribution in [-0.4, -0.2) is 20.2 Å². The second-order valence-electron chi connectivity index (χ2n) is 4.48. The van der Waals surface area contributed by atoms with Gasteiger partial charge in [0.25, 0.3) is 0 Å². The van der Waals surface area contributed by atoms with Crippen molar-refractivity contribution in [2.75, 3.05) is 0 Å². The van der Waals surface area contributed by atoms with E-state index in [1.165, 1.54) is 21.5 Å². The van der Waals surface area contributed by atoms with Crippen LogP contribution in [0.4, 0.5) is 0 Å². The van der Waals surface area contributed by atoms with Gasteiger partial charge < -0.3 is 0 Å². The second-order valence-corrected chi connectivity index (χ2v) is 4.48. The van der Waals surface area contributed by atoms with Crippen molar-refractivity contribution in [3.05, 3.63) is 40.7 Å². The first kappa shape index (κ1) is 12.7. The minimum absolute atomic E-state index is 0.00546. The van der Waals surface area contributed by atoms with Gasteiger partial charge >= 0.3 is 0 Å². The number of aryl methyl sites for hydroxylation is 3. The topological polar surface area (TPSA) is 81.7 Å². The molecule has 0 saturated carbocycles. The number of aromatic nitrogens is 4. The SMILES string of the molecule is Cc1ccc(C)c(C(Cc2nnn(C)n2)NN)c1. The molecule has 0 saturated heterocycles. The van der Waals surface area contributed by atoms with E-state index in [-0.39, 0.29) is 6.04 Å². The van der Waals surface area contributed by atoms with Gasteiger partial charge in [-0.25, -0.2) is 0 Å². The molecule has 0 radical (unpaired) electrons. The fourth-order valence-electron chi connectivity index (χ4n) is 1.98. The van der Waals surface area contributed by atoms with Crippen molar-refractivity contribution < 1.29 is 0 Å². The molecule has 1 atom stereocenters. The molecule has 1 aromatic heterocycles. The summed E-state index contributed by atoms with van der Waals surface area (Å²) in [4.78, 5) is 1.45. The normalized spacial score (nSPS) is 12.7. The van der Waals surface area contributed by atoms with Gasteiger partial charge in [-0.05, 0) is 30.2 Å². The van der Waals surface area contributed by atoms with Gasteiger partial charge in [-0.2, -0.15) is 4.80 Å². The van der Waals surface area contributed by atoms with Crippen LogP contribution in [0.3, 0.4) is 0 Å². The summed E-state index contributed by atoms with van der Waals surface area (Å²) in [7, 11) is 1.75. The van der Waals surface area contributed by atoms with Gasteiger partial charge in [-0.15, -0.1) is 10.2 Å². The van der Waals surface area contributed by atoms with Crippen LogP contribution in [0.5, 0.6) is 0 Å². The Morgan fingerprint density at radius 2 is 2.17 bits per heavy atom. The number of nitrogens with two attached hydrogens (primary N) is 1. The fourth-order valence-corrected chi connectivity index (χ4v) is 1.98. The number of nitrogens with zero attached hydrogens (tertiary/aromatic N) is 4. The molecule has 6 heteroatoms. The third-order valence-electron chi connectivity index (χ3n) is 2.95. The van der Waals surface area contributed by atoms with E-state index in [2.05, 4.69) is 52.9 Å². The van der Waals surface area contributed by atoms with Gasteiger partial charge in [0.05, 0.1) is 13.1 Å². The van der Waals surface area contributed by atoms with Crippen LogP contribution in [0.1, 0.15) is 28.6 Å². The van der Waals surface area contributed by atoms with Gasteiger partial charge in [0.2, 0.25) is 0 Å². The first-order valence-corrected chi connectivity index (χ1v) is 5.86. The lowest BCUT2D eigenvalue weighted by Crippen LogP contribution is -2.30. The lowest BCUT2D eigenvalue weighted by Gasteiger charge is -2.17. The Morgan fingerprint density at radius 1 is 1.39 bits per heavy atom. The van der Waals surface area contributed by atoms with Crippen LogP contribution in [0.15, 0.2) is 18.2 Å². The molecule has 0 fully saturated rings. The van der Waals surface area contributed by atoms with Crippen molar-refractivity contribution in [1.82, 2.24) is 25.6 Å². The highest BCUT2D eigenvalue weighted by Gasteiger charge is 2.15. The molecule has 1 aromatic carbocycles. The van der Waals surface area contributed by atoms with Gasteiger partial charge in [0.1, 0.15) is 0 Å². The van der Waals surface area contributed by atoms with Gasteiger partial charge in [-0.1, -0.05) is 23.8 Å². The fraction of sp³-hybridized carbons (Fsp3) is 0.417. The molecule has 18 heavy (non-hydrogen) atoms. The van der Waals surface area contributed by atoms with Crippen LogP contribution >= 0.6 is 0 Å². The Bertz CT molecular complexity index is 533. The molecule has 0 aliphatic carbocycles. The number of hydrogen-bond donors (Lipinski definition) is 2. The first-order valence-electron chi connectivity index (χ1n) is 5.86. The Morgan fingerprint density at radius 3 is 2.78 bits per heavy atom. The van der Waals surface area contributed by atoms with Crippen LogP contribution in [0.2, 0.25) is 0 Å². The lowest BCUT2D eigenvalue weighted by atomic mass is 9.97. The van der Waals surface area contributed by atoms with E-state index in [4.69, 9.17) is 5.84 Å². The third-order valence-corrected chi connectivity index (χ3v) is 2.95. The number of benzene rings is 1. The van der Waals surface area contributed by atoms with Crippen molar-refractivity contribution in [1.29, 1.82) is 0 Å². The summed E-state index contributed by atoms with van der Waals surface area (Å²) in [5.74, 6) is 6.33. The van der Waals surface area contributed by atoms with Crippen LogP contribution in [-0.2, 0) is 13.5 Å². The largest absolute Gasteiger partial charge is 0.271 e. The second kappa shape index (κ2) is 5.24. The summed E-state index contributed by atoms with van der Waals surface area (Å²) in [5.41, 5.74) is 6.41. The molecule has 0 spiro atoms. The monoisotopic (exact) mass is 246 g/mol. The van der Waals surface area contributed by atoms with Crippen LogP contribution in [0.25, 0.3) is 0 Å². The highest BCUT2D eigenvalue weighted by atomic mass is 15.6. The number of rotatable bonds is 4. The molecular formula is C12H18N6. The molecule has 96 valence electrons. The molecule has 0 amide bonds. The third kappa shape index (κ3) is 2.72. The molecule has 0 aliphatic heterocycles. The minimum atomic E-state index is -0.00546. The molecule has 1 heterocycles. The molecule has 3 N–H and O–H groups in total. The van der Waals surface area contributed by atoms with E-state index >= 15 is 0 Å². The Hall–Kier alpha value is -1.79. The average Bonchev–Trinajstić information content (AvgIpc) is 2.75. The zero-order valence-corrected chi connectivity index (χ0v) is 10.9. The summed E-state index contributed by atoms with van der Waals surface area (Å²) >= 11 is 0. The van der Waals surface area contributed by atoms with E-state index in [1.807, 2.05) is 0 Å². The van der Waals surface area contributed by atoms with Gasteiger partial charge in [-0.3, -0.25) is 11.3 Å². The highest BCUT2D eigenvalue weighted by Crippen LogP contribution is 2.21. The van der Waals surface area contributed by atoms with Crippen molar-refractivity contribution in [2.45, 2.75) is 26.3 Å². The van der Waals surface area contributed by atoms with E-state index in [1.54, 1.807) is 7.05 Å². The number of hydrogen-bond acceptors (Lipinski definition) is 5. The summed E-state index contributed by atoms with van der Waals surface area (Å²) in [6.07, 6.45) is 0.620. The van der Waals surface area contributed by atoms with E-state index in [0.29, 0.717) is 12.2 Å². The Balaban J connectivity index is 2.25. The summed E-state index contributed by atoms with van der Waals surface area (Å²) in [5, 5.41) is 12.0. The predicted molar refractivity (Wildman–Crippen MR) is 68.5 cm³/mol. The maximum absolute atomic E-state index is 5.65. The zero-order valence-electron chi connectivity index (χ0n) is 10.9. The van der Waals surface area contributed by atoms with E-state index in [0.717, 1.165) is 0 Å². The van der Waals surface area contributed by atoms with Crippen LogP contribution < -0.4 is 11.3 Å². The Labute approximate surface area is 106 Å². The standard InChI is InChI=1S/C12H18N6/c1-8-4-5-9(2)10(6-8)11(14-13)7-12-15-17-18(3)16-12/h4-6,11,14H,7,13H2,1-3H3. The van der Waals surface area contributed by atoms with Crippen molar-refractivity contribution in [3.8, 4) is 0 Å². The van der Waals surface area contributed by atoms with E-state index < -0.39 is 0 Å². The van der Waals surface area contributed by atoms with Gasteiger partial charge in [0.15, 0.2) is 5.82 Å². The number of hydrazine groups is 1. The maximum Gasteiger partial charge on any atom is 0.176 e. The quantitative estimate of drug-likeness (QED) is 0.609. The molecule has 2 aromatic rings. The highest BCUT2D eigenvalue weighted by molar-refractivity contribution is 5.33. The molecule has 0 bridgehead atoms. The van der Waals surface area contributed by atoms with Crippen LogP contribution in [0, 0.1) is 13.8 Å². The number of nitrogens with one attached hydrogen (secondary N) is 1. The van der Waals surface area contributed by atoms with Gasteiger partial charge in [0, 0.05) is 6.42 Å². The summed E-state index contributed by atoms with van der Waals surface area (Å²) in [6, 6.07) is 6.32. The maximum atomic E-state index is 5.65. The molecule has 1 unspecified atom stereocenters. The first-order chi connectivity index (χ1) is 8.60. The summed E-state index contributed by atoms with van der Waals surface area (Å²) < 4.78 is 0. The Kier molecular flexibility index (Phi) is 3.69. The smallest absolute Gasteiger partial charge is 0.176 e. The van der Waals surface area contributed by atoms with Crippen molar-refractivity contribution in [2.24, 2.45) is 12.9 Å².